The number of carboxylic acid groups (broad SMARTS) is 1. The van der Waals surface area contributed by atoms with Crippen LogP contribution in [0.5, 0.6) is 5.75 Å². The van der Waals surface area contributed by atoms with Crippen molar-refractivity contribution >= 4 is 5.97 Å². The average Bonchev–Trinajstić information content (AvgIpc) is 2.25. The third-order valence-corrected chi connectivity index (χ3v) is 1.49. The van der Waals surface area contributed by atoms with Crippen LogP contribution in [0.3, 0.4) is 0 Å². The first-order valence-electron chi connectivity index (χ1n) is 4.17. The molecule has 0 fully saturated rings. The molecule has 1 N–H and O–H groups in total. The van der Waals surface area contributed by atoms with Crippen molar-refractivity contribution in [3.63, 3.8) is 0 Å². The van der Waals surface area contributed by atoms with Crippen LogP contribution in [0.25, 0.3) is 0 Å². The van der Waals surface area contributed by atoms with E-state index in [0.29, 0.717) is 5.75 Å². The van der Waals surface area contributed by atoms with Crippen molar-refractivity contribution in [2.45, 2.75) is 6.29 Å². The van der Waals surface area contributed by atoms with Crippen LogP contribution in [0.1, 0.15) is 0 Å². The molecule has 0 amide bonds. The molecule has 0 radical (unpaired) electrons. The second kappa shape index (κ2) is 5.62. The highest BCUT2D eigenvalue weighted by Crippen LogP contribution is 2.11. The predicted molar refractivity (Wildman–Crippen MR) is 50.1 cm³/mol. The van der Waals surface area contributed by atoms with Crippen molar-refractivity contribution in [2.24, 2.45) is 0 Å². The van der Waals surface area contributed by atoms with Crippen molar-refractivity contribution in [1.82, 2.24) is 0 Å². The molecule has 1 aromatic rings. The SMILES string of the molecule is N#CCOC(Oc1ccccc1)C(=O)O. The molecule has 1 atom stereocenters. The van der Waals surface area contributed by atoms with Gasteiger partial charge in [-0.05, 0) is 12.1 Å². The highest BCUT2D eigenvalue weighted by molar-refractivity contribution is 5.71. The highest BCUT2D eigenvalue weighted by atomic mass is 16.7. The predicted octanol–water partition coefficient (Wildman–Crippen LogP) is 1.02. The number of benzene rings is 1. The lowest BCUT2D eigenvalue weighted by Gasteiger charge is -2.13. The van der Waals surface area contributed by atoms with Gasteiger partial charge in [0.1, 0.15) is 12.4 Å². The van der Waals surface area contributed by atoms with Gasteiger partial charge in [0.05, 0.1) is 6.07 Å². The zero-order valence-corrected chi connectivity index (χ0v) is 7.79. The van der Waals surface area contributed by atoms with Gasteiger partial charge in [-0.1, -0.05) is 18.2 Å². The van der Waals surface area contributed by atoms with Gasteiger partial charge in [-0.2, -0.15) is 5.26 Å². The van der Waals surface area contributed by atoms with Gasteiger partial charge in [-0.15, -0.1) is 0 Å². The van der Waals surface area contributed by atoms with E-state index in [1.165, 1.54) is 0 Å². The maximum atomic E-state index is 10.7. The molecule has 0 aliphatic heterocycles. The smallest absolute Gasteiger partial charge is 0.373 e. The van der Waals surface area contributed by atoms with E-state index in [1.807, 2.05) is 0 Å². The fourth-order valence-electron chi connectivity index (χ4n) is 0.891. The Morgan fingerprint density at radius 1 is 1.47 bits per heavy atom. The maximum Gasteiger partial charge on any atom is 0.373 e. The largest absolute Gasteiger partial charge is 0.477 e. The molecule has 0 saturated carbocycles. The Morgan fingerprint density at radius 3 is 2.67 bits per heavy atom. The number of hydrogen-bond donors (Lipinski definition) is 1. The van der Waals surface area contributed by atoms with Crippen molar-refractivity contribution < 1.29 is 19.4 Å². The van der Waals surface area contributed by atoms with Crippen molar-refractivity contribution in [2.75, 3.05) is 6.61 Å². The topological polar surface area (TPSA) is 79.5 Å². The minimum absolute atomic E-state index is 0.330. The summed E-state index contributed by atoms with van der Waals surface area (Å²) in [6.45, 7) is -0.330. The zero-order chi connectivity index (χ0) is 11.1. The molecule has 0 heterocycles. The van der Waals surface area contributed by atoms with E-state index in [-0.39, 0.29) is 6.61 Å². The molecule has 1 aromatic carbocycles. The Kier molecular flexibility index (Phi) is 4.13. The van der Waals surface area contributed by atoms with Gasteiger partial charge in [0.15, 0.2) is 0 Å². The Balaban J connectivity index is 2.60. The van der Waals surface area contributed by atoms with Crippen LogP contribution >= 0.6 is 0 Å². The number of ether oxygens (including phenoxy) is 2. The molecule has 0 spiro atoms. The number of rotatable bonds is 5. The molecule has 0 aliphatic rings. The third kappa shape index (κ3) is 3.67. The van der Waals surface area contributed by atoms with E-state index in [0.717, 1.165) is 0 Å². The van der Waals surface area contributed by atoms with Crippen LogP contribution in [0.15, 0.2) is 30.3 Å². The third-order valence-electron chi connectivity index (χ3n) is 1.49. The van der Waals surface area contributed by atoms with Gasteiger partial charge in [-0.3, -0.25) is 0 Å². The van der Waals surface area contributed by atoms with Crippen LogP contribution in [0, 0.1) is 11.3 Å². The molecule has 1 unspecified atom stereocenters. The van der Waals surface area contributed by atoms with Crippen LogP contribution in [0.4, 0.5) is 0 Å². The Hall–Kier alpha value is -2.06. The summed E-state index contributed by atoms with van der Waals surface area (Å²) in [6, 6.07) is 10.1. The molecular weight excluding hydrogens is 198 g/mol. The Bertz CT molecular complexity index is 357. The van der Waals surface area contributed by atoms with Gasteiger partial charge in [0.25, 0.3) is 6.29 Å². The normalized spacial score (nSPS) is 11.4. The Morgan fingerprint density at radius 2 is 2.13 bits per heavy atom. The van der Waals surface area contributed by atoms with Crippen LogP contribution in [0.2, 0.25) is 0 Å². The fourth-order valence-corrected chi connectivity index (χ4v) is 0.891. The lowest BCUT2D eigenvalue weighted by molar-refractivity contribution is -0.168. The first-order valence-corrected chi connectivity index (χ1v) is 4.17. The van der Waals surface area contributed by atoms with Crippen LogP contribution < -0.4 is 4.74 Å². The standard InChI is InChI=1S/C10H9NO4/c11-6-7-14-10(9(12)13)15-8-4-2-1-3-5-8/h1-5,10H,7H2,(H,12,13). The monoisotopic (exact) mass is 207 g/mol. The van der Waals surface area contributed by atoms with Gasteiger partial charge in [-0.25, -0.2) is 4.79 Å². The van der Waals surface area contributed by atoms with Gasteiger partial charge < -0.3 is 14.6 Å². The van der Waals surface area contributed by atoms with E-state index in [9.17, 15) is 4.79 Å². The molecular formula is C10H9NO4. The summed E-state index contributed by atoms with van der Waals surface area (Å²) in [5, 5.41) is 16.9. The van der Waals surface area contributed by atoms with Crippen LogP contribution in [-0.4, -0.2) is 24.0 Å². The number of nitriles is 1. The zero-order valence-electron chi connectivity index (χ0n) is 7.79. The second-order valence-electron chi connectivity index (χ2n) is 2.57. The lowest BCUT2D eigenvalue weighted by atomic mass is 10.3. The summed E-state index contributed by atoms with van der Waals surface area (Å²) in [5.74, 6) is -0.892. The molecule has 0 aromatic heterocycles. The average molecular weight is 207 g/mol. The van der Waals surface area contributed by atoms with E-state index >= 15 is 0 Å². The van der Waals surface area contributed by atoms with Gasteiger partial charge >= 0.3 is 5.97 Å². The molecule has 0 bridgehead atoms. The van der Waals surface area contributed by atoms with Crippen molar-refractivity contribution in [3.8, 4) is 11.8 Å². The molecule has 5 nitrogen and oxygen atoms in total. The molecule has 15 heavy (non-hydrogen) atoms. The second-order valence-corrected chi connectivity index (χ2v) is 2.57. The van der Waals surface area contributed by atoms with E-state index < -0.39 is 12.3 Å². The van der Waals surface area contributed by atoms with Crippen molar-refractivity contribution in [1.29, 1.82) is 5.26 Å². The summed E-state index contributed by atoms with van der Waals surface area (Å²) in [4.78, 5) is 10.7. The summed E-state index contributed by atoms with van der Waals surface area (Å²) in [6.07, 6.45) is -1.45. The van der Waals surface area contributed by atoms with Crippen molar-refractivity contribution in [3.05, 3.63) is 30.3 Å². The van der Waals surface area contributed by atoms with Gasteiger partial charge in [0.2, 0.25) is 0 Å². The Labute approximate surface area is 86.5 Å². The minimum atomic E-state index is -1.45. The van der Waals surface area contributed by atoms with E-state index in [2.05, 4.69) is 4.74 Å². The molecule has 0 aliphatic carbocycles. The number of aliphatic carboxylic acids is 1. The quantitative estimate of drug-likeness (QED) is 0.729. The summed E-state index contributed by atoms with van der Waals surface area (Å²) >= 11 is 0. The van der Waals surface area contributed by atoms with Gasteiger partial charge in [0, 0.05) is 0 Å². The summed E-state index contributed by atoms with van der Waals surface area (Å²) in [7, 11) is 0. The van der Waals surface area contributed by atoms with E-state index in [4.69, 9.17) is 15.1 Å². The summed E-state index contributed by atoms with van der Waals surface area (Å²) < 4.78 is 9.68. The summed E-state index contributed by atoms with van der Waals surface area (Å²) in [5.41, 5.74) is 0. The van der Waals surface area contributed by atoms with E-state index in [1.54, 1.807) is 36.4 Å². The number of para-hydroxylation sites is 1. The number of nitrogens with zero attached hydrogens (tertiary/aromatic N) is 1. The first-order chi connectivity index (χ1) is 7.24. The number of carbonyl (C=O) groups is 1. The molecule has 78 valence electrons. The minimum Gasteiger partial charge on any atom is -0.477 e. The molecule has 1 rings (SSSR count). The molecule has 0 saturated heterocycles. The molecule has 5 heteroatoms. The highest BCUT2D eigenvalue weighted by Gasteiger charge is 2.19. The lowest BCUT2D eigenvalue weighted by Crippen LogP contribution is -2.30. The fraction of sp³-hybridized carbons (Fsp3) is 0.200. The van der Waals surface area contributed by atoms with Crippen LogP contribution in [-0.2, 0) is 9.53 Å². The maximum absolute atomic E-state index is 10.7. The number of hydrogen-bond acceptors (Lipinski definition) is 4. The first kappa shape index (κ1) is 11.0. The number of carboxylic acids is 1.